The monoisotopic (exact) mass is 290 g/mol. The maximum atomic E-state index is 11.2. The van der Waals surface area contributed by atoms with E-state index in [2.05, 4.69) is 24.5 Å². The SMILES string of the molecule is COc1cc(NC2CCCC(C)C2C)ccc1NC(C)=O. The second-order valence-corrected chi connectivity index (χ2v) is 6.11. The summed E-state index contributed by atoms with van der Waals surface area (Å²) in [7, 11) is 1.62. The average Bonchev–Trinajstić information content (AvgIpc) is 2.45. The summed E-state index contributed by atoms with van der Waals surface area (Å²) in [5, 5.41) is 6.40. The highest BCUT2D eigenvalue weighted by Crippen LogP contribution is 2.33. The summed E-state index contributed by atoms with van der Waals surface area (Å²) in [5.41, 5.74) is 1.76. The molecule has 116 valence electrons. The molecule has 2 rings (SSSR count). The zero-order chi connectivity index (χ0) is 15.4. The summed E-state index contributed by atoms with van der Waals surface area (Å²) >= 11 is 0. The minimum atomic E-state index is -0.0938. The number of methoxy groups -OCH3 is 1. The smallest absolute Gasteiger partial charge is 0.221 e. The van der Waals surface area contributed by atoms with Gasteiger partial charge in [0.2, 0.25) is 5.91 Å². The molecule has 4 heteroatoms. The number of ether oxygens (including phenoxy) is 1. The molecule has 2 N–H and O–H groups in total. The predicted octanol–water partition coefficient (Wildman–Crippen LogP) is 3.89. The minimum absolute atomic E-state index is 0.0938. The molecule has 1 saturated carbocycles. The Morgan fingerprint density at radius 2 is 2.05 bits per heavy atom. The van der Waals surface area contributed by atoms with Crippen LogP contribution >= 0.6 is 0 Å². The molecule has 1 aliphatic rings. The molecular weight excluding hydrogens is 264 g/mol. The Labute approximate surface area is 127 Å². The fourth-order valence-electron chi connectivity index (χ4n) is 3.07. The number of carbonyl (C=O) groups is 1. The van der Waals surface area contributed by atoms with Crippen LogP contribution in [-0.4, -0.2) is 19.1 Å². The van der Waals surface area contributed by atoms with E-state index in [9.17, 15) is 4.79 Å². The van der Waals surface area contributed by atoms with Gasteiger partial charge in [-0.1, -0.05) is 26.7 Å². The van der Waals surface area contributed by atoms with Crippen LogP contribution in [0.4, 0.5) is 11.4 Å². The van der Waals surface area contributed by atoms with Gasteiger partial charge in [0.1, 0.15) is 5.75 Å². The Hall–Kier alpha value is -1.71. The van der Waals surface area contributed by atoms with Crippen LogP contribution in [0.1, 0.15) is 40.0 Å². The first-order chi connectivity index (χ1) is 10.0. The van der Waals surface area contributed by atoms with Crippen LogP contribution in [0.15, 0.2) is 18.2 Å². The first-order valence-electron chi connectivity index (χ1n) is 7.73. The number of rotatable bonds is 4. The van der Waals surface area contributed by atoms with E-state index in [0.717, 1.165) is 11.6 Å². The molecule has 0 radical (unpaired) electrons. The highest BCUT2D eigenvalue weighted by Gasteiger charge is 2.26. The Bertz CT molecular complexity index is 502. The van der Waals surface area contributed by atoms with Crippen molar-refractivity contribution in [3.63, 3.8) is 0 Å². The predicted molar refractivity (Wildman–Crippen MR) is 86.9 cm³/mol. The van der Waals surface area contributed by atoms with Crippen LogP contribution in [0.2, 0.25) is 0 Å². The maximum Gasteiger partial charge on any atom is 0.221 e. The van der Waals surface area contributed by atoms with Gasteiger partial charge < -0.3 is 15.4 Å². The molecule has 4 nitrogen and oxygen atoms in total. The number of nitrogens with one attached hydrogen (secondary N) is 2. The van der Waals surface area contributed by atoms with Crippen LogP contribution in [-0.2, 0) is 4.79 Å². The van der Waals surface area contributed by atoms with Gasteiger partial charge in [-0.25, -0.2) is 0 Å². The summed E-state index contributed by atoms with van der Waals surface area (Å²) in [6.07, 6.45) is 3.82. The molecule has 1 aliphatic carbocycles. The standard InChI is InChI=1S/C17H26N2O2/c1-11-6-5-7-15(12(11)2)19-14-8-9-16(18-13(3)20)17(10-14)21-4/h8-12,15,19H,5-7H2,1-4H3,(H,18,20). The van der Waals surface area contributed by atoms with Crippen molar-refractivity contribution in [3.8, 4) is 5.75 Å². The molecule has 0 aliphatic heterocycles. The van der Waals surface area contributed by atoms with Crippen LogP contribution in [0, 0.1) is 11.8 Å². The van der Waals surface area contributed by atoms with E-state index in [-0.39, 0.29) is 5.91 Å². The average molecular weight is 290 g/mol. The molecule has 0 bridgehead atoms. The van der Waals surface area contributed by atoms with E-state index in [1.165, 1.54) is 26.2 Å². The number of benzene rings is 1. The number of hydrogen-bond donors (Lipinski definition) is 2. The van der Waals surface area contributed by atoms with Gasteiger partial charge in [-0.3, -0.25) is 4.79 Å². The van der Waals surface area contributed by atoms with Gasteiger partial charge in [-0.05, 0) is 30.4 Å². The van der Waals surface area contributed by atoms with Crippen LogP contribution in [0.25, 0.3) is 0 Å². The van der Waals surface area contributed by atoms with E-state index in [1.807, 2.05) is 18.2 Å². The Balaban J connectivity index is 2.11. The quantitative estimate of drug-likeness (QED) is 0.884. The lowest BCUT2D eigenvalue weighted by molar-refractivity contribution is -0.114. The summed E-state index contributed by atoms with van der Waals surface area (Å²) < 4.78 is 5.37. The lowest BCUT2D eigenvalue weighted by Gasteiger charge is -2.35. The van der Waals surface area contributed by atoms with Crippen molar-refractivity contribution >= 4 is 17.3 Å². The second kappa shape index (κ2) is 6.83. The molecule has 0 heterocycles. The van der Waals surface area contributed by atoms with Crippen LogP contribution in [0.5, 0.6) is 5.75 Å². The third kappa shape index (κ3) is 3.90. The topological polar surface area (TPSA) is 50.4 Å². The Kier molecular flexibility index (Phi) is 5.10. The fraction of sp³-hybridized carbons (Fsp3) is 0.588. The van der Waals surface area contributed by atoms with Gasteiger partial charge in [-0.2, -0.15) is 0 Å². The first-order valence-corrected chi connectivity index (χ1v) is 7.73. The molecule has 21 heavy (non-hydrogen) atoms. The minimum Gasteiger partial charge on any atom is -0.494 e. The summed E-state index contributed by atoms with van der Waals surface area (Å²) in [5.74, 6) is 2.02. The van der Waals surface area contributed by atoms with Gasteiger partial charge in [0.25, 0.3) is 0 Å². The molecule has 3 unspecified atom stereocenters. The van der Waals surface area contributed by atoms with Crippen molar-refractivity contribution in [2.75, 3.05) is 17.7 Å². The van der Waals surface area contributed by atoms with Gasteiger partial charge >= 0.3 is 0 Å². The number of hydrogen-bond acceptors (Lipinski definition) is 3. The lowest BCUT2D eigenvalue weighted by Crippen LogP contribution is -2.34. The summed E-state index contributed by atoms with van der Waals surface area (Å²) in [6.45, 7) is 6.15. The van der Waals surface area contributed by atoms with E-state index in [0.29, 0.717) is 23.4 Å². The summed E-state index contributed by atoms with van der Waals surface area (Å²) in [6, 6.07) is 6.35. The second-order valence-electron chi connectivity index (χ2n) is 6.11. The molecule has 0 spiro atoms. The van der Waals surface area contributed by atoms with Crippen LogP contribution < -0.4 is 15.4 Å². The highest BCUT2D eigenvalue weighted by molar-refractivity contribution is 5.90. The third-order valence-electron chi connectivity index (χ3n) is 4.57. The molecule has 3 atom stereocenters. The van der Waals surface area contributed by atoms with Crippen molar-refractivity contribution in [2.24, 2.45) is 11.8 Å². The van der Waals surface area contributed by atoms with Gasteiger partial charge in [0, 0.05) is 24.7 Å². The molecule has 0 aromatic heterocycles. The normalized spacial score (nSPS) is 25.2. The fourth-order valence-corrected chi connectivity index (χ4v) is 3.07. The van der Waals surface area contributed by atoms with Crippen molar-refractivity contribution < 1.29 is 9.53 Å². The summed E-state index contributed by atoms with van der Waals surface area (Å²) in [4.78, 5) is 11.2. The largest absolute Gasteiger partial charge is 0.494 e. The van der Waals surface area contributed by atoms with Crippen molar-refractivity contribution in [1.29, 1.82) is 0 Å². The Morgan fingerprint density at radius 3 is 2.71 bits per heavy atom. The van der Waals surface area contributed by atoms with Gasteiger partial charge in [-0.15, -0.1) is 0 Å². The van der Waals surface area contributed by atoms with Crippen molar-refractivity contribution in [2.45, 2.75) is 46.1 Å². The van der Waals surface area contributed by atoms with E-state index in [4.69, 9.17) is 4.74 Å². The molecule has 1 amide bonds. The highest BCUT2D eigenvalue weighted by atomic mass is 16.5. The van der Waals surface area contributed by atoms with Crippen LogP contribution in [0.3, 0.4) is 0 Å². The number of anilines is 2. The van der Waals surface area contributed by atoms with Gasteiger partial charge in [0.15, 0.2) is 0 Å². The first kappa shape index (κ1) is 15.7. The number of carbonyl (C=O) groups excluding carboxylic acids is 1. The Morgan fingerprint density at radius 1 is 1.29 bits per heavy atom. The maximum absolute atomic E-state index is 11.2. The molecule has 0 saturated heterocycles. The van der Waals surface area contributed by atoms with E-state index in [1.54, 1.807) is 7.11 Å². The van der Waals surface area contributed by atoms with Crippen molar-refractivity contribution in [1.82, 2.24) is 0 Å². The van der Waals surface area contributed by atoms with E-state index < -0.39 is 0 Å². The zero-order valence-electron chi connectivity index (χ0n) is 13.4. The molecular formula is C17H26N2O2. The van der Waals surface area contributed by atoms with E-state index >= 15 is 0 Å². The molecule has 1 fully saturated rings. The molecule has 1 aromatic rings. The number of amides is 1. The molecule has 1 aromatic carbocycles. The zero-order valence-corrected chi connectivity index (χ0v) is 13.4. The van der Waals surface area contributed by atoms with Crippen molar-refractivity contribution in [3.05, 3.63) is 18.2 Å². The van der Waals surface area contributed by atoms with Gasteiger partial charge in [0.05, 0.1) is 12.8 Å². The third-order valence-corrected chi connectivity index (χ3v) is 4.57. The lowest BCUT2D eigenvalue weighted by atomic mass is 9.78.